The highest BCUT2D eigenvalue weighted by atomic mass is 19.1. The number of aromatic nitrogens is 3. The monoisotopic (exact) mass is 248 g/mol. The summed E-state index contributed by atoms with van der Waals surface area (Å²) >= 11 is 0. The second kappa shape index (κ2) is 6.26. The van der Waals surface area contributed by atoms with E-state index in [1.165, 1.54) is 12.1 Å². The molecule has 0 bridgehead atoms. The molecule has 4 nitrogen and oxygen atoms in total. The Hall–Kier alpha value is -1.75. The first-order valence-electron chi connectivity index (χ1n) is 6.11. The Balaban J connectivity index is 1.91. The molecule has 0 saturated heterocycles. The summed E-state index contributed by atoms with van der Waals surface area (Å²) in [6.45, 7) is 4.38. The minimum absolute atomic E-state index is 0.221. The highest BCUT2D eigenvalue weighted by Crippen LogP contribution is 2.04. The van der Waals surface area contributed by atoms with Crippen molar-refractivity contribution in [3.63, 3.8) is 0 Å². The Morgan fingerprint density at radius 2 is 2.06 bits per heavy atom. The lowest BCUT2D eigenvalue weighted by Crippen LogP contribution is -2.15. The minimum Gasteiger partial charge on any atom is -0.310 e. The zero-order chi connectivity index (χ0) is 12.8. The molecule has 2 aromatic rings. The van der Waals surface area contributed by atoms with Gasteiger partial charge in [0.15, 0.2) is 5.82 Å². The summed E-state index contributed by atoms with van der Waals surface area (Å²) in [7, 11) is 0. The van der Waals surface area contributed by atoms with Crippen LogP contribution >= 0.6 is 0 Å². The molecule has 0 spiro atoms. The van der Waals surface area contributed by atoms with E-state index < -0.39 is 0 Å². The van der Waals surface area contributed by atoms with Crippen molar-refractivity contribution in [1.82, 2.24) is 20.1 Å². The number of hydrogen-bond donors (Lipinski definition) is 1. The first kappa shape index (κ1) is 12.7. The molecule has 0 atom stereocenters. The van der Waals surface area contributed by atoms with Gasteiger partial charge in [0.2, 0.25) is 0 Å². The third kappa shape index (κ3) is 3.63. The predicted molar refractivity (Wildman–Crippen MR) is 67.5 cm³/mol. The summed E-state index contributed by atoms with van der Waals surface area (Å²) in [6, 6.07) is 6.42. The number of nitrogens with one attached hydrogen (secondary N) is 1. The summed E-state index contributed by atoms with van der Waals surface area (Å²) < 4.78 is 14.5. The smallest absolute Gasteiger partial charge is 0.164 e. The van der Waals surface area contributed by atoms with Crippen LogP contribution in [-0.2, 0) is 13.1 Å². The molecule has 0 aliphatic heterocycles. The Morgan fingerprint density at radius 3 is 2.78 bits per heavy atom. The van der Waals surface area contributed by atoms with Crippen molar-refractivity contribution in [3.05, 3.63) is 47.8 Å². The maximum absolute atomic E-state index is 12.8. The first-order chi connectivity index (χ1) is 8.78. The van der Waals surface area contributed by atoms with E-state index in [4.69, 9.17) is 0 Å². The average molecular weight is 248 g/mol. The number of hydrogen-bond acceptors (Lipinski definition) is 3. The second-order valence-electron chi connectivity index (χ2n) is 4.16. The molecule has 1 heterocycles. The van der Waals surface area contributed by atoms with Gasteiger partial charge in [-0.25, -0.2) is 14.1 Å². The third-order valence-electron chi connectivity index (χ3n) is 2.55. The molecular weight excluding hydrogens is 231 g/mol. The largest absolute Gasteiger partial charge is 0.310 e. The van der Waals surface area contributed by atoms with Crippen LogP contribution in [0.3, 0.4) is 0 Å². The van der Waals surface area contributed by atoms with E-state index >= 15 is 0 Å². The van der Waals surface area contributed by atoms with Gasteiger partial charge in [0.05, 0.1) is 13.1 Å². The van der Waals surface area contributed by atoms with Gasteiger partial charge in [0, 0.05) is 0 Å². The SMILES string of the molecule is CCCNCc1ncn(Cc2ccc(F)cc2)n1. The molecule has 0 radical (unpaired) electrons. The molecule has 18 heavy (non-hydrogen) atoms. The summed E-state index contributed by atoms with van der Waals surface area (Å²) in [6.07, 6.45) is 2.79. The number of rotatable bonds is 6. The number of benzene rings is 1. The Labute approximate surface area is 106 Å². The Morgan fingerprint density at radius 1 is 1.28 bits per heavy atom. The van der Waals surface area contributed by atoms with Gasteiger partial charge in [-0.15, -0.1) is 0 Å². The summed E-state index contributed by atoms with van der Waals surface area (Å²) in [5.74, 6) is 0.562. The summed E-state index contributed by atoms with van der Waals surface area (Å²) in [5, 5.41) is 7.60. The van der Waals surface area contributed by atoms with Crippen LogP contribution in [0.4, 0.5) is 4.39 Å². The van der Waals surface area contributed by atoms with E-state index in [0.29, 0.717) is 13.1 Å². The Bertz CT molecular complexity index is 478. The normalized spacial score (nSPS) is 10.8. The zero-order valence-electron chi connectivity index (χ0n) is 10.4. The van der Waals surface area contributed by atoms with Crippen molar-refractivity contribution < 1.29 is 4.39 Å². The molecule has 96 valence electrons. The predicted octanol–water partition coefficient (Wildman–Crippen LogP) is 1.97. The van der Waals surface area contributed by atoms with Gasteiger partial charge in [0.25, 0.3) is 0 Å². The quantitative estimate of drug-likeness (QED) is 0.795. The molecule has 0 aliphatic rings. The fourth-order valence-electron chi connectivity index (χ4n) is 1.64. The van der Waals surface area contributed by atoms with Gasteiger partial charge in [-0.2, -0.15) is 5.10 Å². The van der Waals surface area contributed by atoms with Gasteiger partial charge >= 0.3 is 0 Å². The lowest BCUT2D eigenvalue weighted by atomic mass is 10.2. The van der Waals surface area contributed by atoms with Crippen molar-refractivity contribution in [2.45, 2.75) is 26.4 Å². The van der Waals surface area contributed by atoms with Gasteiger partial charge in [-0.3, -0.25) is 0 Å². The first-order valence-corrected chi connectivity index (χ1v) is 6.11. The fourth-order valence-corrected chi connectivity index (χ4v) is 1.64. The van der Waals surface area contributed by atoms with Crippen molar-refractivity contribution in [2.24, 2.45) is 0 Å². The van der Waals surface area contributed by atoms with Gasteiger partial charge < -0.3 is 5.32 Å². The molecule has 0 unspecified atom stereocenters. The summed E-state index contributed by atoms with van der Waals surface area (Å²) in [5.41, 5.74) is 1.01. The topological polar surface area (TPSA) is 42.7 Å². The Kier molecular flexibility index (Phi) is 4.41. The van der Waals surface area contributed by atoms with Crippen molar-refractivity contribution in [3.8, 4) is 0 Å². The van der Waals surface area contributed by atoms with E-state index in [-0.39, 0.29) is 5.82 Å². The van der Waals surface area contributed by atoms with Crippen LogP contribution < -0.4 is 5.32 Å². The van der Waals surface area contributed by atoms with Gasteiger partial charge in [0.1, 0.15) is 12.1 Å². The molecular formula is C13H17FN4. The van der Waals surface area contributed by atoms with Gasteiger partial charge in [-0.1, -0.05) is 19.1 Å². The fraction of sp³-hybridized carbons (Fsp3) is 0.385. The molecule has 0 amide bonds. The zero-order valence-corrected chi connectivity index (χ0v) is 10.4. The van der Waals surface area contributed by atoms with Crippen LogP contribution in [0.25, 0.3) is 0 Å². The second-order valence-corrected chi connectivity index (χ2v) is 4.16. The standard InChI is InChI=1S/C13H17FN4/c1-2-7-15-8-13-16-10-18(17-13)9-11-3-5-12(14)6-4-11/h3-6,10,15H,2,7-9H2,1H3. The van der Waals surface area contributed by atoms with Gasteiger partial charge in [-0.05, 0) is 30.7 Å². The molecule has 0 saturated carbocycles. The van der Waals surface area contributed by atoms with E-state index in [0.717, 1.165) is 24.4 Å². The highest BCUT2D eigenvalue weighted by Gasteiger charge is 2.01. The van der Waals surface area contributed by atoms with Crippen LogP contribution in [0, 0.1) is 5.82 Å². The van der Waals surface area contributed by atoms with E-state index in [1.54, 1.807) is 23.1 Å². The van der Waals surface area contributed by atoms with Crippen LogP contribution in [0.2, 0.25) is 0 Å². The molecule has 1 aromatic carbocycles. The highest BCUT2D eigenvalue weighted by molar-refractivity contribution is 5.16. The lowest BCUT2D eigenvalue weighted by molar-refractivity contribution is 0.617. The molecule has 0 aliphatic carbocycles. The number of nitrogens with zero attached hydrogens (tertiary/aromatic N) is 3. The molecule has 0 fully saturated rings. The molecule has 1 aromatic heterocycles. The third-order valence-corrected chi connectivity index (χ3v) is 2.55. The van der Waals surface area contributed by atoms with E-state index in [9.17, 15) is 4.39 Å². The van der Waals surface area contributed by atoms with Crippen LogP contribution in [0.15, 0.2) is 30.6 Å². The van der Waals surface area contributed by atoms with Crippen molar-refractivity contribution in [2.75, 3.05) is 6.54 Å². The van der Waals surface area contributed by atoms with Crippen LogP contribution in [-0.4, -0.2) is 21.3 Å². The maximum atomic E-state index is 12.8. The molecule has 5 heteroatoms. The minimum atomic E-state index is -0.221. The molecule has 2 rings (SSSR count). The summed E-state index contributed by atoms with van der Waals surface area (Å²) in [4.78, 5) is 4.22. The van der Waals surface area contributed by atoms with Crippen LogP contribution in [0.5, 0.6) is 0 Å². The lowest BCUT2D eigenvalue weighted by Gasteiger charge is -2.01. The van der Waals surface area contributed by atoms with Crippen molar-refractivity contribution in [1.29, 1.82) is 0 Å². The van der Waals surface area contributed by atoms with E-state index in [1.807, 2.05) is 0 Å². The van der Waals surface area contributed by atoms with Crippen molar-refractivity contribution >= 4 is 0 Å². The van der Waals surface area contributed by atoms with E-state index in [2.05, 4.69) is 22.3 Å². The average Bonchev–Trinajstić information content (AvgIpc) is 2.80. The van der Waals surface area contributed by atoms with Crippen LogP contribution in [0.1, 0.15) is 24.7 Å². The maximum Gasteiger partial charge on any atom is 0.164 e. The molecule has 1 N–H and O–H groups in total. The number of halogens is 1.